The van der Waals surface area contributed by atoms with Crippen molar-refractivity contribution in [2.24, 2.45) is 11.7 Å². The third-order valence-electron chi connectivity index (χ3n) is 3.53. The van der Waals surface area contributed by atoms with E-state index in [2.05, 4.69) is 5.32 Å². The van der Waals surface area contributed by atoms with E-state index >= 15 is 0 Å². The van der Waals surface area contributed by atoms with Gasteiger partial charge in [0, 0.05) is 9.61 Å². The minimum atomic E-state index is -1.01. The van der Waals surface area contributed by atoms with Crippen molar-refractivity contribution >= 4 is 28.5 Å². The van der Waals surface area contributed by atoms with Crippen LogP contribution in [-0.2, 0) is 0 Å². The smallest absolute Gasteiger partial charge is 0.252 e. The predicted octanol–water partition coefficient (Wildman–Crippen LogP) is 2.43. The Morgan fingerprint density at radius 2 is 2.05 bits per heavy atom. The van der Waals surface area contributed by atoms with Crippen molar-refractivity contribution in [1.82, 2.24) is 5.32 Å². The highest BCUT2D eigenvalue weighted by Gasteiger charge is 2.28. The number of carbonyl (C=O) groups is 1. The Morgan fingerprint density at radius 1 is 1.37 bits per heavy atom. The van der Waals surface area contributed by atoms with E-state index in [1.165, 1.54) is 0 Å². The normalized spacial score (nSPS) is 22.5. The van der Waals surface area contributed by atoms with Gasteiger partial charge in [0.1, 0.15) is 0 Å². The van der Waals surface area contributed by atoms with Crippen molar-refractivity contribution in [2.75, 3.05) is 6.54 Å². The Hall–Kier alpha value is -0.760. The molecule has 1 fully saturated rings. The van der Waals surface area contributed by atoms with Gasteiger partial charge in [0.2, 0.25) is 0 Å². The first-order valence-corrected chi connectivity index (χ1v) is 7.26. The van der Waals surface area contributed by atoms with Crippen molar-refractivity contribution in [3.63, 3.8) is 0 Å². The number of benzene rings is 1. The van der Waals surface area contributed by atoms with Gasteiger partial charge in [-0.1, -0.05) is 6.42 Å². The average molecular weight is 380 g/mol. The van der Waals surface area contributed by atoms with Gasteiger partial charge in [-0.05, 0) is 60.0 Å². The highest BCUT2D eigenvalue weighted by Crippen LogP contribution is 2.25. The average Bonchev–Trinajstić information content (AvgIpc) is 2.80. The zero-order valence-electron chi connectivity index (χ0n) is 10.3. The van der Waals surface area contributed by atoms with Gasteiger partial charge in [-0.15, -0.1) is 0 Å². The second kappa shape index (κ2) is 6.13. The summed E-state index contributed by atoms with van der Waals surface area (Å²) in [5.41, 5.74) is 5.82. The van der Waals surface area contributed by atoms with E-state index in [1.54, 1.807) is 0 Å². The molecule has 3 N–H and O–H groups in total. The van der Waals surface area contributed by atoms with E-state index in [4.69, 9.17) is 5.73 Å². The zero-order valence-corrected chi connectivity index (χ0v) is 12.4. The lowest BCUT2D eigenvalue weighted by Gasteiger charge is -2.19. The summed E-state index contributed by atoms with van der Waals surface area (Å²) in [7, 11) is 0. The topological polar surface area (TPSA) is 55.1 Å². The van der Waals surface area contributed by atoms with E-state index in [-0.39, 0.29) is 23.4 Å². The van der Waals surface area contributed by atoms with Gasteiger partial charge in [0.15, 0.2) is 11.6 Å². The number of nitrogens with two attached hydrogens (primary N) is 1. The van der Waals surface area contributed by atoms with Gasteiger partial charge in [-0.25, -0.2) is 8.78 Å². The van der Waals surface area contributed by atoms with Crippen LogP contribution >= 0.6 is 22.6 Å². The molecule has 19 heavy (non-hydrogen) atoms. The van der Waals surface area contributed by atoms with Crippen LogP contribution < -0.4 is 11.1 Å². The fourth-order valence-electron chi connectivity index (χ4n) is 2.45. The summed E-state index contributed by atoms with van der Waals surface area (Å²) < 4.78 is 26.6. The van der Waals surface area contributed by atoms with Crippen molar-refractivity contribution < 1.29 is 13.6 Å². The molecule has 1 aromatic carbocycles. The summed E-state index contributed by atoms with van der Waals surface area (Å²) in [6.07, 6.45) is 2.91. The van der Waals surface area contributed by atoms with Gasteiger partial charge in [-0.2, -0.15) is 0 Å². The van der Waals surface area contributed by atoms with Crippen LogP contribution in [0.3, 0.4) is 0 Å². The molecule has 0 bridgehead atoms. The van der Waals surface area contributed by atoms with E-state index in [0.29, 0.717) is 10.1 Å². The Bertz CT molecular complexity index is 496. The summed E-state index contributed by atoms with van der Waals surface area (Å²) in [6.45, 7) is 0.528. The number of hydrogen-bond acceptors (Lipinski definition) is 2. The fraction of sp³-hybridized carbons (Fsp3) is 0.462. The fourth-order valence-corrected chi connectivity index (χ4v) is 3.13. The van der Waals surface area contributed by atoms with Crippen LogP contribution in [0.15, 0.2) is 12.1 Å². The molecule has 0 saturated heterocycles. The molecule has 104 valence electrons. The third kappa shape index (κ3) is 3.22. The first-order chi connectivity index (χ1) is 9.02. The second-order valence-corrected chi connectivity index (χ2v) is 5.91. The minimum Gasteiger partial charge on any atom is -0.349 e. The highest BCUT2D eigenvalue weighted by atomic mass is 127. The molecule has 3 nitrogen and oxygen atoms in total. The summed E-state index contributed by atoms with van der Waals surface area (Å²) in [4.78, 5) is 12.1. The molecule has 1 amide bonds. The number of carbonyl (C=O) groups excluding carboxylic acids is 1. The van der Waals surface area contributed by atoms with Gasteiger partial charge in [-0.3, -0.25) is 4.79 Å². The van der Waals surface area contributed by atoms with E-state index in [9.17, 15) is 13.6 Å². The molecular formula is C13H15F2IN2O. The molecule has 1 saturated carbocycles. The lowest BCUT2D eigenvalue weighted by molar-refractivity contribution is 0.0927. The van der Waals surface area contributed by atoms with Gasteiger partial charge >= 0.3 is 0 Å². The quantitative estimate of drug-likeness (QED) is 0.625. The third-order valence-corrected chi connectivity index (χ3v) is 4.43. The number of halogens is 3. The summed E-state index contributed by atoms with van der Waals surface area (Å²) >= 11 is 1.83. The van der Waals surface area contributed by atoms with Crippen molar-refractivity contribution in [3.8, 4) is 0 Å². The molecule has 2 atom stereocenters. The molecular weight excluding hydrogens is 365 g/mol. The maximum Gasteiger partial charge on any atom is 0.252 e. The molecule has 1 aliphatic carbocycles. The number of hydrogen-bond donors (Lipinski definition) is 2. The van der Waals surface area contributed by atoms with Crippen LogP contribution in [0.1, 0.15) is 29.6 Å². The first-order valence-electron chi connectivity index (χ1n) is 6.18. The Kier molecular flexibility index (Phi) is 4.72. The molecule has 2 rings (SSSR count). The largest absolute Gasteiger partial charge is 0.349 e. The van der Waals surface area contributed by atoms with Gasteiger partial charge in [0.05, 0.1) is 5.56 Å². The lowest BCUT2D eigenvalue weighted by Crippen LogP contribution is -2.40. The Labute approximate surface area is 124 Å². The van der Waals surface area contributed by atoms with E-state index in [0.717, 1.165) is 31.4 Å². The van der Waals surface area contributed by atoms with E-state index < -0.39 is 11.6 Å². The molecule has 0 aromatic heterocycles. The summed E-state index contributed by atoms with van der Waals surface area (Å²) in [5, 5.41) is 2.87. The van der Waals surface area contributed by atoms with Gasteiger partial charge in [0.25, 0.3) is 5.91 Å². The molecule has 6 heteroatoms. The maximum absolute atomic E-state index is 13.2. The molecule has 0 aliphatic heterocycles. The molecule has 0 heterocycles. The molecule has 1 aromatic rings. The summed E-state index contributed by atoms with van der Waals surface area (Å²) in [5.74, 6) is -2.05. The van der Waals surface area contributed by atoms with Crippen LogP contribution in [0.2, 0.25) is 0 Å². The van der Waals surface area contributed by atoms with Crippen LogP contribution in [-0.4, -0.2) is 18.5 Å². The van der Waals surface area contributed by atoms with Crippen molar-refractivity contribution in [2.45, 2.75) is 25.3 Å². The van der Waals surface area contributed by atoms with Crippen molar-refractivity contribution in [3.05, 3.63) is 32.9 Å². The van der Waals surface area contributed by atoms with Crippen LogP contribution in [0.4, 0.5) is 8.78 Å². The lowest BCUT2D eigenvalue weighted by atomic mass is 10.0. The molecule has 1 aliphatic rings. The first kappa shape index (κ1) is 14.6. The number of amides is 1. The van der Waals surface area contributed by atoms with Crippen LogP contribution in [0.25, 0.3) is 0 Å². The maximum atomic E-state index is 13.2. The minimum absolute atomic E-state index is 0.0291. The number of nitrogens with one attached hydrogen (secondary N) is 1. The Balaban J connectivity index is 2.14. The molecule has 2 unspecified atom stereocenters. The molecule has 0 spiro atoms. The van der Waals surface area contributed by atoms with Crippen molar-refractivity contribution in [1.29, 1.82) is 0 Å². The second-order valence-electron chi connectivity index (χ2n) is 4.75. The van der Waals surface area contributed by atoms with Crippen LogP contribution in [0, 0.1) is 21.1 Å². The Morgan fingerprint density at radius 3 is 2.74 bits per heavy atom. The zero-order chi connectivity index (χ0) is 14.0. The summed E-state index contributed by atoms with van der Waals surface area (Å²) in [6, 6.07) is 2.00. The monoisotopic (exact) mass is 380 g/mol. The van der Waals surface area contributed by atoms with Crippen LogP contribution in [0.5, 0.6) is 0 Å². The number of rotatable bonds is 3. The standard InChI is InChI=1S/C13H15F2IN2O/c14-9-4-8(11(16)5-10(9)15)13(19)18-12-3-1-2-7(12)6-17/h4-5,7,12H,1-3,6,17H2,(H,18,19). The highest BCUT2D eigenvalue weighted by molar-refractivity contribution is 14.1. The van der Waals surface area contributed by atoms with Gasteiger partial charge < -0.3 is 11.1 Å². The predicted molar refractivity (Wildman–Crippen MR) is 76.7 cm³/mol. The molecule has 0 radical (unpaired) electrons. The SMILES string of the molecule is NCC1CCCC1NC(=O)c1cc(F)c(F)cc1I. The van der Waals surface area contributed by atoms with E-state index in [1.807, 2.05) is 22.6 Å².